The van der Waals surface area contributed by atoms with Gasteiger partial charge in [-0.15, -0.1) is 0 Å². The molecular weight excluding hydrogens is 432 g/mol. The van der Waals surface area contributed by atoms with Gasteiger partial charge in [0, 0.05) is 17.1 Å². The number of hydrogen-bond donors (Lipinski definition) is 1. The summed E-state index contributed by atoms with van der Waals surface area (Å²) in [6.45, 7) is 2.67. The quantitative estimate of drug-likeness (QED) is 0.527. The predicted molar refractivity (Wildman–Crippen MR) is 126 cm³/mol. The van der Waals surface area contributed by atoms with Crippen LogP contribution in [-0.2, 0) is 16.6 Å². The summed E-state index contributed by atoms with van der Waals surface area (Å²) in [5.74, 6) is -0.0212. The van der Waals surface area contributed by atoms with Crippen molar-refractivity contribution < 1.29 is 13.2 Å². The van der Waals surface area contributed by atoms with Crippen LogP contribution in [0.2, 0.25) is 5.02 Å². The molecule has 0 fully saturated rings. The van der Waals surface area contributed by atoms with Crippen LogP contribution in [-0.4, -0.2) is 27.1 Å². The second-order valence-corrected chi connectivity index (χ2v) is 9.74. The largest absolute Gasteiger partial charge is 0.351 e. The van der Waals surface area contributed by atoms with Crippen LogP contribution in [0.5, 0.6) is 0 Å². The molecular formula is C24H25ClN2O3S. The SMILES string of the molecule is CC(CNC(=O)c1ccc(N(Cc2ccccc2Cl)S(C)(=O)=O)cc1)c1ccccc1. The van der Waals surface area contributed by atoms with Gasteiger partial charge in [-0.2, -0.15) is 0 Å². The Morgan fingerprint density at radius 1 is 0.968 bits per heavy atom. The van der Waals surface area contributed by atoms with Crippen LogP contribution in [0.25, 0.3) is 0 Å². The van der Waals surface area contributed by atoms with Crippen molar-refractivity contribution in [3.63, 3.8) is 0 Å². The van der Waals surface area contributed by atoms with E-state index in [-0.39, 0.29) is 18.4 Å². The zero-order chi connectivity index (χ0) is 22.4. The highest BCUT2D eigenvalue weighted by Crippen LogP contribution is 2.24. The van der Waals surface area contributed by atoms with E-state index in [9.17, 15) is 13.2 Å². The van der Waals surface area contributed by atoms with E-state index in [1.54, 1.807) is 42.5 Å². The van der Waals surface area contributed by atoms with Crippen LogP contribution < -0.4 is 9.62 Å². The molecule has 0 spiro atoms. The number of nitrogens with zero attached hydrogens (tertiary/aromatic N) is 1. The number of halogens is 1. The molecule has 3 aromatic rings. The molecule has 31 heavy (non-hydrogen) atoms. The summed E-state index contributed by atoms with van der Waals surface area (Å²) in [6.07, 6.45) is 1.15. The van der Waals surface area contributed by atoms with Crippen LogP contribution >= 0.6 is 11.6 Å². The van der Waals surface area contributed by atoms with Crippen molar-refractivity contribution in [3.05, 3.63) is 101 Å². The monoisotopic (exact) mass is 456 g/mol. The molecule has 7 heteroatoms. The van der Waals surface area contributed by atoms with Crippen molar-refractivity contribution in [1.82, 2.24) is 5.32 Å². The van der Waals surface area contributed by atoms with Gasteiger partial charge in [0.1, 0.15) is 0 Å². The molecule has 0 aliphatic heterocycles. The summed E-state index contributed by atoms with van der Waals surface area (Å²) in [6, 6.07) is 23.6. The van der Waals surface area contributed by atoms with Gasteiger partial charge in [-0.1, -0.05) is 67.1 Å². The highest BCUT2D eigenvalue weighted by atomic mass is 35.5. The van der Waals surface area contributed by atoms with Crippen molar-refractivity contribution in [1.29, 1.82) is 0 Å². The number of anilines is 1. The fourth-order valence-electron chi connectivity index (χ4n) is 3.21. The maximum absolute atomic E-state index is 12.5. The Morgan fingerprint density at radius 3 is 2.19 bits per heavy atom. The van der Waals surface area contributed by atoms with E-state index < -0.39 is 10.0 Å². The molecule has 0 saturated carbocycles. The fraction of sp³-hybridized carbons (Fsp3) is 0.208. The van der Waals surface area contributed by atoms with E-state index in [1.807, 2.05) is 36.4 Å². The minimum Gasteiger partial charge on any atom is -0.351 e. The number of rotatable bonds is 8. The molecule has 0 heterocycles. The van der Waals surface area contributed by atoms with Gasteiger partial charge < -0.3 is 5.32 Å². The van der Waals surface area contributed by atoms with E-state index in [1.165, 1.54) is 4.31 Å². The first kappa shape index (κ1) is 22.8. The second-order valence-electron chi connectivity index (χ2n) is 7.43. The first-order valence-corrected chi connectivity index (χ1v) is 12.1. The maximum atomic E-state index is 12.5. The van der Waals surface area contributed by atoms with Crippen molar-refractivity contribution in [2.24, 2.45) is 0 Å². The van der Waals surface area contributed by atoms with Crippen LogP contribution in [0, 0.1) is 0 Å². The minimum absolute atomic E-state index is 0.110. The van der Waals surface area contributed by atoms with Crippen LogP contribution in [0.4, 0.5) is 5.69 Å². The molecule has 0 aromatic heterocycles. The van der Waals surface area contributed by atoms with E-state index in [2.05, 4.69) is 12.2 Å². The minimum atomic E-state index is -3.54. The number of amides is 1. The molecule has 162 valence electrons. The smallest absolute Gasteiger partial charge is 0.251 e. The van der Waals surface area contributed by atoms with Crippen LogP contribution in [0.1, 0.15) is 34.3 Å². The average Bonchev–Trinajstić information content (AvgIpc) is 2.76. The summed E-state index contributed by atoms with van der Waals surface area (Å²) in [7, 11) is -3.54. The van der Waals surface area contributed by atoms with Crippen molar-refractivity contribution >= 4 is 33.2 Å². The third-order valence-corrected chi connectivity index (χ3v) is 6.54. The number of sulfonamides is 1. The van der Waals surface area contributed by atoms with Crippen LogP contribution in [0.15, 0.2) is 78.9 Å². The Kier molecular flexibility index (Phi) is 7.36. The van der Waals surface area contributed by atoms with Gasteiger partial charge >= 0.3 is 0 Å². The molecule has 0 radical (unpaired) electrons. The highest BCUT2D eigenvalue weighted by Gasteiger charge is 2.19. The zero-order valence-electron chi connectivity index (χ0n) is 17.5. The van der Waals surface area contributed by atoms with Gasteiger partial charge in [-0.25, -0.2) is 8.42 Å². The number of nitrogens with one attached hydrogen (secondary N) is 1. The van der Waals surface area contributed by atoms with Gasteiger partial charge in [0.2, 0.25) is 10.0 Å². The summed E-state index contributed by atoms with van der Waals surface area (Å²) in [4.78, 5) is 12.5. The Morgan fingerprint density at radius 2 is 1.58 bits per heavy atom. The standard InChI is InChI=1S/C24H25ClN2O3S/c1-18(19-8-4-3-5-9-19)16-26-24(28)20-12-14-22(15-13-20)27(31(2,29)30)17-21-10-6-7-11-23(21)25/h3-15,18H,16-17H2,1-2H3,(H,26,28). The average molecular weight is 457 g/mol. The molecule has 3 aromatic carbocycles. The predicted octanol–water partition coefficient (Wildman–Crippen LogP) is 4.84. The molecule has 0 bridgehead atoms. The third kappa shape index (κ3) is 6.09. The molecule has 1 amide bonds. The lowest BCUT2D eigenvalue weighted by Gasteiger charge is -2.23. The van der Waals surface area contributed by atoms with Gasteiger partial charge in [0.15, 0.2) is 0 Å². The zero-order valence-corrected chi connectivity index (χ0v) is 19.0. The van der Waals surface area contributed by atoms with Gasteiger partial charge in [0.05, 0.1) is 18.5 Å². The third-order valence-electron chi connectivity index (χ3n) is 5.03. The first-order valence-electron chi connectivity index (χ1n) is 9.90. The lowest BCUT2D eigenvalue weighted by molar-refractivity contribution is 0.0951. The Hall–Kier alpha value is -2.83. The number of carbonyl (C=O) groups is 1. The van der Waals surface area contributed by atoms with Gasteiger partial charge in [-0.05, 0) is 47.4 Å². The fourth-order valence-corrected chi connectivity index (χ4v) is 4.28. The summed E-state index contributed by atoms with van der Waals surface area (Å²) < 4.78 is 26.0. The molecule has 3 rings (SSSR count). The molecule has 0 saturated heterocycles. The van der Waals surface area contributed by atoms with E-state index in [0.717, 1.165) is 11.8 Å². The Bertz CT molecular complexity index is 1130. The number of hydrogen-bond acceptors (Lipinski definition) is 3. The topological polar surface area (TPSA) is 66.5 Å². The number of carbonyl (C=O) groups excluding carboxylic acids is 1. The molecule has 0 aliphatic rings. The lowest BCUT2D eigenvalue weighted by atomic mass is 10.0. The number of benzene rings is 3. The van der Waals surface area contributed by atoms with Crippen molar-refractivity contribution in [3.8, 4) is 0 Å². The first-order chi connectivity index (χ1) is 14.8. The molecule has 1 N–H and O–H groups in total. The van der Waals surface area contributed by atoms with E-state index >= 15 is 0 Å². The van der Waals surface area contributed by atoms with E-state index in [4.69, 9.17) is 11.6 Å². The highest BCUT2D eigenvalue weighted by molar-refractivity contribution is 7.92. The molecule has 1 atom stereocenters. The molecule has 5 nitrogen and oxygen atoms in total. The van der Waals surface area contributed by atoms with Crippen molar-refractivity contribution in [2.75, 3.05) is 17.1 Å². The Labute approximate surface area is 188 Å². The summed E-state index contributed by atoms with van der Waals surface area (Å²) in [5.41, 5.74) is 2.79. The normalized spacial score (nSPS) is 12.2. The maximum Gasteiger partial charge on any atom is 0.251 e. The lowest BCUT2D eigenvalue weighted by Crippen LogP contribution is -2.30. The van der Waals surface area contributed by atoms with Crippen molar-refractivity contribution in [2.45, 2.75) is 19.4 Å². The summed E-state index contributed by atoms with van der Waals surface area (Å²) >= 11 is 6.20. The Balaban J connectivity index is 1.71. The molecule has 0 aliphatic carbocycles. The van der Waals surface area contributed by atoms with Crippen LogP contribution in [0.3, 0.4) is 0 Å². The van der Waals surface area contributed by atoms with E-state index in [0.29, 0.717) is 28.4 Å². The second kappa shape index (κ2) is 9.98. The van der Waals surface area contributed by atoms with Gasteiger partial charge in [-0.3, -0.25) is 9.10 Å². The molecule has 1 unspecified atom stereocenters. The summed E-state index contributed by atoms with van der Waals surface area (Å²) in [5, 5.41) is 3.43. The van der Waals surface area contributed by atoms with Gasteiger partial charge in [0.25, 0.3) is 5.91 Å².